The molecule has 1 heterocycles. The maximum Gasteiger partial charge on any atom is 0.271 e. The van der Waals surface area contributed by atoms with Gasteiger partial charge < -0.3 is 5.43 Å². The number of benzene rings is 1. The fourth-order valence-corrected chi connectivity index (χ4v) is 1.37. The number of hydrogen-bond acceptors (Lipinski definition) is 5. The van der Waals surface area contributed by atoms with Crippen molar-refractivity contribution in [3.63, 3.8) is 0 Å². The molecule has 6 nitrogen and oxygen atoms in total. The zero-order chi connectivity index (χ0) is 12.8. The second-order valence-corrected chi connectivity index (χ2v) is 3.65. The fourth-order valence-electron chi connectivity index (χ4n) is 1.37. The smallest absolute Gasteiger partial charge is 0.271 e. The van der Waals surface area contributed by atoms with Gasteiger partial charge in [0.15, 0.2) is 0 Å². The summed E-state index contributed by atoms with van der Waals surface area (Å²) in [6.07, 6.45) is 2.89. The van der Waals surface area contributed by atoms with Gasteiger partial charge in [-0.3, -0.25) is 15.2 Å². The second-order valence-electron chi connectivity index (χ2n) is 3.65. The Hall–Kier alpha value is -2.63. The van der Waals surface area contributed by atoms with Gasteiger partial charge in [0.05, 0.1) is 0 Å². The van der Waals surface area contributed by atoms with E-state index in [1.165, 1.54) is 0 Å². The summed E-state index contributed by atoms with van der Waals surface area (Å²) in [5.74, 6) is 0.264. The average Bonchev–Trinajstić information content (AvgIpc) is 2.40. The largest absolute Gasteiger partial charge is 0.305 e. The molecule has 0 saturated heterocycles. The van der Waals surface area contributed by atoms with Gasteiger partial charge in [0.25, 0.3) is 5.56 Å². The molecule has 0 saturated carbocycles. The van der Waals surface area contributed by atoms with Crippen LogP contribution in [0.5, 0.6) is 0 Å². The van der Waals surface area contributed by atoms with Crippen molar-refractivity contribution in [3.8, 4) is 0 Å². The molecule has 0 fully saturated rings. The van der Waals surface area contributed by atoms with Crippen LogP contribution in [0, 0.1) is 0 Å². The number of rotatable bonds is 4. The van der Waals surface area contributed by atoms with Crippen molar-refractivity contribution >= 4 is 11.5 Å². The Bertz CT molecular complexity index is 591. The van der Waals surface area contributed by atoms with Crippen molar-refractivity contribution in [3.05, 3.63) is 58.6 Å². The van der Waals surface area contributed by atoms with Gasteiger partial charge in [0.1, 0.15) is 6.20 Å². The van der Waals surface area contributed by atoms with Gasteiger partial charge in [-0.2, -0.15) is 0 Å². The molecule has 2 aromatic rings. The fraction of sp³-hybridized carbons (Fsp3) is 0.0833. The van der Waals surface area contributed by atoms with Crippen molar-refractivity contribution < 1.29 is 0 Å². The first-order valence-corrected chi connectivity index (χ1v) is 5.41. The molecule has 1 aromatic heterocycles. The summed E-state index contributed by atoms with van der Waals surface area (Å²) in [7, 11) is 0. The van der Waals surface area contributed by atoms with Crippen molar-refractivity contribution in [1.29, 1.82) is 0 Å². The quantitative estimate of drug-likeness (QED) is 0.701. The third-order valence-corrected chi connectivity index (χ3v) is 2.28. The van der Waals surface area contributed by atoms with E-state index in [1.54, 1.807) is 6.20 Å². The Morgan fingerprint density at radius 3 is 2.83 bits per heavy atom. The van der Waals surface area contributed by atoms with Crippen LogP contribution >= 0.6 is 0 Å². The highest BCUT2D eigenvalue weighted by atomic mass is 16.1. The van der Waals surface area contributed by atoms with Gasteiger partial charge in [-0.05, 0) is 18.1 Å². The standard InChI is InChI=1S/C12H13N5O/c1-9(10-5-3-2-4-6-10)7-13-16-12-15-11(18)8-14-17-12/h2-8,13H,1H3,(H2,15,16,17,18)/b9-7+. The van der Waals surface area contributed by atoms with Gasteiger partial charge in [0.2, 0.25) is 5.95 Å². The summed E-state index contributed by atoms with van der Waals surface area (Å²) in [4.78, 5) is 13.5. The maximum atomic E-state index is 11.0. The summed E-state index contributed by atoms with van der Waals surface area (Å²) in [5.41, 5.74) is 7.43. The van der Waals surface area contributed by atoms with Crippen molar-refractivity contribution in [2.24, 2.45) is 0 Å². The van der Waals surface area contributed by atoms with Crippen LogP contribution in [0.3, 0.4) is 0 Å². The maximum absolute atomic E-state index is 11.0. The summed E-state index contributed by atoms with van der Waals surface area (Å²) < 4.78 is 0. The summed E-state index contributed by atoms with van der Waals surface area (Å²) in [6, 6.07) is 9.93. The highest BCUT2D eigenvalue weighted by Gasteiger charge is 1.94. The van der Waals surface area contributed by atoms with E-state index in [1.807, 2.05) is 37.3 Å². The summed E-state index contributed by atoms with van der Waals surface area (Å²) >= 11 is 0. The number of allylic oxidation sites excluding steroid dienone is 1. The number of anilines is 1. The molecule has 0 spiro atoms. The predicted molar refractivity (Wildman–Crippen MR) is 69.5 cm³/mol. The predicted octanol–water partition coefficient (Wildman–Crippen LogP) is 1.14. The minimum atomic E-state index is -0.307. The molecule has 1 aromatic carbocycles. The molecule has 0 atom stereocenters. The van der Waals surface area contributed by atoms with Crippen molar-refractivity contribution in [1.82, 2.24) is 20.6 Å². The molecule has 18 heavy (non-hydrogen) atoms. The minimum absolute atomic E-state index is 0.264. The van der Waals surface area contributed by atoms with Crippen LogP contribution in [0.1, 0.15) is 12.5 Å². The van der Waals surface area contributed by atoms with Crippen molar-refractivity contribution in [2.45, 2.75) is 6.92 Å². The number of aromatic amines is 1. The summed E-state index contributed by atoms with van der Waals surface area (Å²) in [5, 5.41) is 7.22. The highest BCUT2D eigenvalue weighted by Crippen LogP contribution is 2.10. The van der Waals surface area contributed by atoms with Crippen LogP contribution in [0.2, 0.25) is 0 Å². The van der Waals surface area contributed by atoms with Gasteiger partial charge >= 0.3 is 0 Å². The minimum Gasteiger partial charge on any atom is -0.305 e. The van der Waals surface area contributed by atoms with E-state index in [2.05, 4.69) is 26.0 Å². The molecule has 0 unspecified atom stereocenters. The highest BCUT2D eigenvalue weighted by molar-refractivity contribution is 5.63. The second kappa shape index (κ2) is 5.62. The monoisotopic (exact) mass is 243 g/mol. The lowest BCUT2D eigenvalue weighted by Crippen LogP contribution is -2.20. The van der Waals surface area contributed by atoms with Gasteiger partial charge in [0, 0.05) is 6.20 Å². The first-order chi connectivity index (χ1) is 8.75. The molecule has 0 aliphatic rings. The molecule has 2 rings (SSSR count). The lowest BCUT2D eigenvalue weighted by atomic mass is 10.1. The average molecular weight is 243 g/mol. The van der Waals surface area contributed by atoms with E-state index in [-0.39, 0.29) is 11.5 Å². The first kappa shape index (κ1) is 11.8. The molecule has 0 aliphatic carbocycles. The third-order valence-electron chi connectivity index (χ3n) is 2.28. The molecule has 0 bridgehead atoms. The number of nitrogens with zero attached hydrogens (tertiary/aromatic N) is 2. The number of H-pyrrole nitrogens is 1. The molecule has 92 valence electrons. The zero-order valence-corrected chi connectivity index (χ0v) is 9.84. The van der Waals surface area contributed by atoms with E-state index >= 15 is 0 Å². The van der Waals surface area contributed by atoms with Gasteiger partial charge in [-0.25, -0.2) is 0 Å². The van der Waals surface area contributed by atoms with Gasteiger partial charge in [-0.15, -0.1) is 10.2 Å². The van der Waals surface area contributed by atoms with Crippen LogP contribution in [0.4, 0.5) is 5.95 Å². The SMILES string of the molecule is C/C(=C\NNc1nncc(=O)[nH]1)c1ccccc1. The Balaban J connectivity index is 1.98. The molecule has 3 N–H and O–H groups in total. The Labute approximate surface area is 104 Å². The number of hydrogen-bond donors (Lipinski definition) is 3. The third kappa shape index (κ3) is 3.18. The first-order valence-electron chi connectivity index (χ1n) is 5.41. The Kier molecular flexibility index (Phi) is 3.70. The van der Waals surface area contributed by atoms with Crippen molar-refractivity contribution in [2.75, 3.05) is 5.43 Å². The molecular weight excluding hydrogens is 230 g/mol. The van der Waals surface area contributed by atoms with E-state index in [9.17, 15) is 4.79 Å². The number of hydrazine groups is 1. The Morgan fingerprint density at radius 2 is 2.11 bits per heavy atom. The number of nitrogens with one attached hydrogen (secondary N) is 3. The normalized spacial score (nSPS) is 11.1. The number of aromatic nitrogens is 3. The Morgan fingerprint density at radius 1 is 1.33 bits per heavy atom. The van der Waals surface area contributed by atoms with Crippen LogP contribution in [0.15, 0.2) is 47.5 Å². The molecule has 6 heteroatoms. The zero-order valence-electron chi connectivity index (χ0n) is 9.84. The van der Waals surface area contributed by atoms with Crippen LogP contribution in [-0.4, -0.2) is 15.2 Å². The van der Waals surface area contributed by atoms with E-state index in [0.717, 1.165) is 17.3 Å². The van der Waals surface area contributed by atoms with E-state index in [4.69, 9.17) is 0 Å². The molecule has 0 amide bonds. The molecule has 0 radical (unpaired) electrons. The van der Waals surface area contributed by atoms with E-state index in [0.29, 0.717) is 0 Å². The molecule has 0 aliphatic heterocycles. The van der Waals surface area contributed by atoms with E-state index < -0.39 is 0 Å². The molecular formula is C12H13N5O. The van der Waals surface area contributed by atoms with Crippen LogP contribution in [-0.2, 0) is 0 Å². The lowest BCUT2D eigenvalue weighted by Gasteiger charge is -2.05. The topological polar surface area (TPSA) is 82.7 Å². The van der Waals surface area contributed by atoms with Crippen LogP contribution in [0.25, 0.3) is 5.57 Å². The summed E-state index contributed by atoms with van der Waals surface area (Å²) in [6.45, 7) is 1.98. The van der Waals surface area contributed by atoms with Gasteiger partial charge in [-0.1, -0.05) is 30.3 Å². The lowest BCUT2D eigenvalue weighted by molar-refractivity contribution is 0.901. The van der Waals surface area contributed by atoms with Crippen LogP contribution < -0.4 is 16.4 Å².